The lowest BCUT2D eigenvalue weighted by Gasteiger charge is -2.18. The van der Waals surface area contributed by atoms with E-state index in [1.807, 2.05) is 13.8 Å². The van der Waals surface area contributed by atoms with E-state index in [1.165, 1.54) is 12.8 Å². The molecule has 1 aromatic carbocycles. The van der Waals surface area contributed by atoms with E-state index < -0.39 is 5.82 Å². The van der Waals surface area contributed by atoms with Gasteiger partial charge in [-0.05, 0) is 24.0 Å². The van der Waals surface area contributed by atoms with Gasteiger partial charge < -0.3 is 20.5 Å². The summed E-state index contributed by atoms with van der Waals surface area (Å²) >= 11 is 8.01. The van der Waals surface area contributed by atoms with Gasteiger partial charge in [-0.3, -0.25) is 4.98 Å². The molecular formula is C29H36ClFN6O2S. The Hall–Kier alpha value is -3.10. The molecule has 0 radical (unpaired) electrons. The first-order chi connectivity index (χ1) is 19.5. The second-order valence-corrected chi connectivity index (χ2v) is 10.3. The van der Waals surface area contributed by atoms with Crippen LogP contribution in [0.15, 0.2) is 12.4 Å². The maximum Gasteiger partial charge on any atom is 0.225 e. The number of anilines is 2. The van der Waals surface area contributed by atoms with E-state index >= 15 is 0 Å². The Kier molecular flexibility index (Phi) is 11.4. The Morgan fingerprint density at radius 2 is 1.77 bits per heavy atom. The van der Waals surface area contributed by atoms with E-state index in [9.17, 15) is 9.65 Å². The number of aliphatic hydroxyl groups excluding tert-OH is 1. The quantitative estimate of drug-likeness (QED) is 0.258. The summed E-state index contributed by atoms with van der Waals surface area (Å²) < 4.78 is 20.6. The summed E-state index contributed by atoms with van der Waals surface area (Å²) in [6, 6.07) is 2.10. The van der Waals surface area contributed by atoms with Gasteiger partial charge in [-0.1, -0.05) is 52.1 Å². The molecule has 0 aliphatic carbocycles. The SMILES string of the molecule is CC.CCCC.CO.N#Cc1c(N)sc2c(F)cnc(-c3c4c(c5cnc(N6CCCC6)nc5c3Cl)COC4)c12. The molecule has 0 bridgehead atoms. The molecule has 8 nitrogen and oxygen atoms in total. The van der Waals surface area contributed by atoms with Crippen molar-refractivity contribution in [2.45, 2.75) is 66.6 Å². The van der Waals surface area contributed by atoms with Crippen molar-refractivity contribution in [1.82, 2.24) is 15.0 Å². The molecule has 40 heavy (non-hydrogen) atoms. The van der Waals surface area contributed by atoms with Crippen LogP contribution in [-0.4, -0.2) is 40.3 Å². The van der Waals surface area contributed by atoms with Gasteiger partial charge in [0.1, 0.15) is 11.1 Å². The van der Waals surface area contributed by atoms with E-state index in [4.69, 9.17) is 32.2 Å². The molecule has 0 unspecified atom stereocenters. The van der Waals surface area contributed by atoms with E-state index in [1.54, 1.807) is 6.20 Å². The van der Waals surface area contributed by atoms with Crippen LogP contribution in [0.3, 0.4) is 0 Å². The molecule has 2 aliphatic heterocycles. The van der Waals surface area contributed by atoms with Crippen LogP contribution in [0.2, 0.25) is 5.02 Å². The number of nitrogens with zero attached hydrogens (tertiary/aromatic N) is 5. The molecule has 5 heterocycles. The maximum atomic E-state index is 14.6. The number of nitrogens with two attached hydrogens (primary N) is 1. The molecule has 6 rings (SSSR count). The normalized spacial score (nSPS) is 13.5. The number of pyridine rings is 1. The first kappa shape index (κ1) is 31.4. The standard InChI is InChI=1S/C22H16ClFN6OS.C4H10.C2H6.CH4O/c23-17-15(19-16-10(5-25)21(26)32-20(16)14(24)7-27-19)13-9-31-8-12(13)11-6-28-22(29-18(11)17)30-3-1-2-4-30;1-3-4-2;2*1-2/h6-7H,1-4,8-9,26H2;3-4H2,1-2H3;1-2H3;2H,1H3. The summed E-state index contributed by atoms with van der Waals surface area (Å²) in [7, 11) is 1.00. The van der Waals surface area contributed by atoms with Crippen molar-refractivity contribution in [3.63, 3.8) is 0 Å². The minimum atomic E-state index is -0.523. The van der Waals surface area contributed by atoms with E-state index in [0.29, 0.717) is 46.3 Å². The number of thiophene rings is 1. The average molecular weight is 587 g/mol. The summed E-state index contributed by atoms with van der Waals surface area (Å²) in [6.07, 6.45) is 7.79. The van der Waals surface area contributed by atoms with Crippen molar-refractivity contribution in [3.05, 3.63) is 39.9 Å². The number of aromatic nitrogens is 3. The second-order valence-electron chi connectivity index (χ2n) is 8.88. The molecule has 0 saturated carbocycles. The summed E-state index contributed by atoms with van der Waals surface area (Å²) in [4.78, 5) is 15.9. The third kappa shape index (κ3) is 5.84. The van der Waals surface area contributed by atoms with Crippen LogP contribution >= 0.6 is 22.9 Å². The molecule has 1 saturated heterocycles. The number of benzene rings is 1. The number of hydrogen-bond donors (Lipinski definition) is 2. The zero-order chi connectivity index (χ0) is 29.4. The van der Waals surface area contributed by atoms with Crippen molar-refractivity contribution in [2.24, 2.45) is 0 Å². The predicted octanol–water partition coefficient (Wildman–Crippen LogP) is 7.22. The Morgan fingerprint density at radius 3 is 2.40 bits per heavy atom. The van der Waals surface area contributed by atoms with Crippen LogP contribution in [0.4, 0.5) is 15.3 Å². The van der Waals surface area contributed by atoms with Gasteiger partial charge in [0.05, 0.1) is 45.9 Å². The minimum absolute atomic E-state index is 0.205. The van der Waals surface area contributed by atoms with Crippen LogP contribution in [0, 0.1) is 17.1 Å². The second kappa shape index (κ2) is 14.5. The molecule has 2 aliphatic rings. The fourth-order valence-electron chi connectivity index (χ4n) is 4.61. The van der Waals surface area contributed by atoms with Crippen molar-refractivity contribution in [3.8, 4) is 17.3 Å². The molecule has 0 spiro atoms. The highest BCUT2D eigenvalue weighted by Gasteiger charge is 2.29. The minimum Gasteiger partial charge on any atom is -0.400 e. The molecule has 214 valence electrons. The molecule has 1 fully saturated rings. The lowest BCUT2D eigenvalue weighted by Crippen LogP contribution is -2.20. The van der Waals surface area contributed by atoms with Crippen molar-refractivity contribution < 1.29 is 14.2 Å². The van der Waals surface area contributed by atoms with E-state index in [-0.39, 0.29) is 15.3 Å². The number of rotatable bonds is 3. The van der Waals surface area contributed by atoms with E-state index in [2.05, 4.69) is 34.8 Å². The van der Waals surface area contributed by atoms with Gasteiger partial charge in [-0.15, -0.1) is 11.3 Å². The number of hydrogen-bond acceptors (Lipinski definition) is 9. The number of nitrogen functional groups attached to an aromatic ring is 1. The lowest BCUT2D eigenvalue weighted by atomic mass is 9.94. The zero-order valence-electron chi connectivity index (χ0n) is 23.6. The number of unbranched alkanes of at least 4 members (excludes halogenated alkanes) is 1. The van der Waals surface area contributed by atoms with Crippen molar-refractivity contribution >= 4 is 54.9 Å². The maximum absolute atomic E-state index is 14.6. The molecule has 0 atom stereocenters. The highest BCUT2D eigenvalue weighted by molar-refractivity contribution is 7.23. The number of nitriles is 1. The zero-order valence-corrected chi connectivity index (χ0v) is 25.2. The van der Waals surface area contributed by atoms with Gasteiger partial charge in [0.2, 0.25) is 5.95 Å². The number of halogens is 2. The summed E-state index contributed by atoms with van der Waals surface area (Å²) in [6.45, 7) is 10.9. The largest absolute Gasteiger partial charge is 0.400 e. The highest BCUT2D eigenvalue weighted by Crippen LogP contribution is 2.47. The fourth-order valence-corrected chi connectivity index (χ4v) is 5.88. The molecular weight excluding hydrogens is 551 g/mol. The van der Waals surface area contributed by atoms with E-state index in [0.717, 1.165) is 67.1 Å². The molecule has 4 aromatic rings. The predicted molar refractivity (Wildman–Crippen MR) is 162 cm³/mol. The summed E-state index contributed by atoms with van der Waals surface area (Å²) in [5.74, 6) is 0.113. The summed E-state index contributed by atoms with van der Waals surface area (Å²) in [5.41, 5.74) is 9.65. The number of fused-ring (bicyclic) bond motifs is 4. The van der Waals surface area contributed by atoms with Crippen molar-refractivity contribution in [2.75, 3.05) is 30.8 Å². The Balaban J connectivity index is 0.000000500. The third-order valence-corrected chi connectivity index (χ3v) is 8.02. The van der Waals surface area contributed by atoms with Crippen LogP contribution < -0.4 is 10.6 Å². The lowest BCUT2D eigenvalue weighted by molar-refractivity contribution is 0.135. The van der Waals surface area contributed by atoms with Crippen LogP contribution in [0.1, 0.15) is 70.1 Å². The third-order valence-electron chi connectivity index (χ3n) is 6.62. The van der Waals surface area contributed by atoms with Gasteiger partial charge in [-0.25, -0.2) is 14.4 Å². The average Bonchev–Trinajstić information content (AvgIpc) is 3.77. The van der Waals surface area contributed by atoms with Gasteiger partial charge in [0.15, 0.2) is 5.82 Å². The first-order valence-corrected chi connectivity index (χ1v) is 14.7. The monoisotopic (exact) mass is 586 g/mol. The van der Waals surface area contributed by atoms with Crippen LogP contribution in [-0.2, 0) is 18.0 Å². The van der Waals surface area contributed by atoms with Gasteiger partial charge in [-0.2, -0.15) is 5.26 Å². The number of aliphatic hydroxyl groups is 1. The number of ether oxygens (including phenoxy) is 1. The Bertz CT molecular complexity index is 1510. The van der Waals surface area contributed by atoms with Crippen LogP contribution in [0.5, 0.6) is 0 Å². The Morgan fingerprint density at radius 1 is 1.12 bits per heavy atom. The van der Waals surface area contributed by atoms with Gasteiger partial charge in [0, 0.05) is 42.7 Å². The summed E-state index contributed by atoms with van der Waals surface area (Å²) in [5, 5.41) is 18.5. The Labute approximate surface area is 243 Å². The molecule has 3 N–H and O–H groups in total. The smallest absolute Gasteiger partial charge is 0.225 e. The highest BCUT2D eigenvalue weighted by atomic mass is 35.5. The van der Waals surface area contributed by atoms with Gasteiger partial charge >= 0.3 is 0 Å². The molecule has 3 aromatic heterocycles. The fraction of sp³-hybridized carbons (Fsp3) is 0.448. The van der Waals surface area contributed by atoms with Crippen molar-refractivity contribution in [1.29, 1.82) is 5.26 Å². The van der Waals surface area contributed by atoms with Gasteiger partial charge in [0.25, 0.3) is 0 Å². The topological polar surface area (TPSA) is 121 Å². The first-order valence-electron chi connectivity index (χ1n) is 13.5. The molecule has 11 heteroatoms. The van der Waals surface area contributed by atoms with Crippen LogP contribution in [0.25, 0.3) is 32.2 Å². The molecule has 0 amide bonds.